The second-order valence-electron chi connectivity index (χ2n) is 7.86. The van der Waals surface area contributed by atoms with Crippen molar-refractivity contribution in [3.8, 4) is 17.1 Å². The van der Waals surface area contributed by atoms with Gasteiger partial charge in [0.25, 0.3) is 0 Å². The molecule has 0 radical (unpaired) electrons. The minimum Gasteiger partial charge on any atom is -0.494 e. The van der Waals surface area contributed by atoms with Crippen LogP contribution in [0, 0.1) is 13.8 Å². The molecule has 4 heterocycles. The van der Waals surface area contributed by atoms with Crippen LogP contribution in [-0.2, 0) is 6.54 Å². The molecule has 0 saturated carbocycles. The van der Waals surface area contributed by atoms with Gasteiger partial charge < -0.3 is 15.2 Å². The molecule has 4 rings (SSSR count). The minimum atomic E-state index is -0.383. The van der Waals surface area contributed by atoms with Gasteiger partial charge in [-0.1, -0.05) is 0 Å². The molecule has 31 heavy (non-hydrogen) atoms. The third kappa shape index (κ3) is 4.20. The Morgan fingerprint density at radius 1 is 1.26 bits per heavy atom. The third-order valence-corrected chi connectivity index (χ3v) is 5.35. The number of aliphatic hydroxyl groups excluding tert-OH is 1. The second-order valence-corrected chi connectivity index (χ2v) is 7.86. The maximum atomic E-state index is 10.6. The molecule has 160 valence electrons. The lowest BCUT2D eigenvalue weighted by atomic mass is 10.0. The SMILES string of the molecule is CC(=Nc1cc(C)n(CCC(C)O)n1)c1c(O)[nH]c2cnc(-c3cnccc3C)cc12. The van der Waals surface area contributed by atoms with Crippen LogP contribution in [0.5, 0.6) is 5.88 Å². The van der Waals surface area contributed by atoms with Crippen LogP contribution in [0.1, 0.15) is 37.1 Å². The van der Waals surface area contributed by atoms with Crippen LogP contribution in [-0.4, -0.2) is 46.8 Å². The maximum Gasteiger partial charge on any atom is 0.198 e. The van der Waals surface area contributed by atoms with Crippen molar-refractivity contribution in [1.29, 1.82) is 0 Å². The molecule has 3 N–H and O–H groups in total. The van der Waals surface area contributed by atoms with E-state index in [2.05, 4.69) is 25.0 Å². The highest BCUT2D eigenvalue weighted by atomic mass is 16.3. The first kappa shape index (κ1) is 20.7. The van der Waals surface area contributed by atoms with Gasteiger partial charge in [-0.3, -0.25) is 14.6 Å². The lowest BCUT2D eigenvalue weighted by Crippen LogP contribution is -2.09. The number of aryl methyl sites for hydroxylation is 3. The van der Waals surface area contributed by atoms with Gasteiger partial charge in [0.1, 0.15) is 0 Å². The molecule has 1 unspecified atom stereocenters. The van der Waals surface area contributed by atoms with E-state index in [1.54, 1.807) is 25.5 Å². The summed E-state index contributed by atoms with van der Waals surface area (Å²) in [5.74, 6) is 0.607. The molecule has 8 nitrogen and oxygen atoms in total. The Bertz CT molecular complexity index is 1270. The van der Waals surface area contributed by atoms with Crippen molar-refractivity contribution in [2.45, 2.75) is 46.8 Å². The molecule has 1 atom stereocenters. The summed E-state index contributed by atoms with van der Waals surface area (Å²) >= 11 is 0. The van der Waals surface area contributed by atoms with E-state index in [1.807, 2.05) is 43.7 Å². The molecule has 0 bridgehead atoms. The van der Waals surface area contributed by atoms with Gasteiger partial charge in [0.15, 0.2) is 11.7 Å². The third-order valence-electron chi connectivity index (χ3n) is 5.35. The zero-order valence-electron chi connectivity index (χ0n) is 18.1. The van der Waals surface area contributed by atoms with Crippen molar-refractivity contribution in [2.24, 2.45) is 4.99 Å². The van der Waals surface area contributed by atoms with Crippen LogP contribution in [0.25, 0.3) is 22.2 Å². The van der Waals surface area contributed by atoms with Crippen molar-refractivity contribution in [3.63, 3.8) is 0 Å². The summed E-state index contributed by atoms with van der Waals surface area (Å²) in [5.41, 5.74) is 5.76. The van der Waals surface area contributed by atoms with Gasteiger partial charge >= 0.3 is 0 Å². The number of aromatic hydroxyl groups is 1. The first-order chi connectivity index (χ1) is 14.8. The summed E-state index contributed by atoms with van der Waals surface area (Å²) in [4.78, 5) is 16.4. The van der Waals surface area contributed by atoms with E-state index in [1.165, 1.54) is 0 Å². The second kappa shape index (κ2) is 8.31. The summed E-state index contributed by atoms with van der Waals surface area (Å²) in [5, 5.41) is 25.5. The quantitative estimate of drug-likeness (QED) is 0.409. The summed E-state index contributed by atoms with van der Waals surface area (Å²) in [6, 6.07) is 5.78. The molecular weight excluding hydrogens is 392 g/mol. The highest BCUT2D eigenvalue weighted by Crippen LogP contribution is 2.32. The number of hydrogen-bond donors (Lipinski definition) is 3. The zero-order valence-corrected chi connectivity index (χ0v) is 18.1. The summed E-state index contributed by atoms with van der Waals surface area (Å²) in [7, 11) is 0. The number of rotatable bonds is 6. The predicted molar refractivity (Wildman–Crippen MR) is 121 cm³/mol. The number of aromatic nitrogens is 5. The van der Waals surface area contributed by atoms with Gasteiger partial charge in [0.2, 0.25) is 0 Å². The Labute approximate surface area is 180 Å². The van der Waals surface area contributed by atoms with Crippen molar-refractivity contribution < 1.29 is 10.2 Å². The van der Waals surface area contributed by atoms with Crippen molar-refractivity contribution in [1.82, 2.24) is 24.7 Å². The Balaban J connectivity index is 1.73. The van der Waals surface area contributed by atoms with Crippen LogP contribution in [0.4, 0.5) is 5.82 Å². The average molecular weight is 419 g/mol. The topological polar surface area (TPSA) is 112 Å². The monoisotopic (exact) mass is 418 g/mol. The van der Waals surface area contributed by atoms with Crippen LogP contribution in [0.15, 0.2) is 41.8 Å². The number of aromatic amines is 1. The van der Waals surface area contributed by atoms with Gasteiger partial charge in [-0.25, -0.2) is 4.99 Å². The average Bonchev–Trinajstić information content (AvgIpc) is 3.24. The predicted octanol–water partition coefficient (Wildman–Crippen LogP) is 4.06. The van der Waals surface area contributed by atoms with Crippen LogP contribution < -0.4 is 0 Å². The molecule has 0 saturated heterocycles. The lowest BCUT2D eigenvalue weighted by molar-refractivity contribution is 0.176. The number of pyridine rings is 2. The fourth-order valence-electron chi connectivity index (χ4n) is 3.64. The molecule has 0 aliphatic carbocycles. The molecule has 0 amide bonds. The molecule has 0 fully saturated rings. The maximum absolute atomic E-state index is 10.6. The largest absolute Gasteiger partial charge is 0.494 e. The fraction of sp³-hybridized carbons (Fsp3) is 0.304. The number of H-pyrrole nitrogens is 1. The number of nitrogens with one attached hydrogen (secondary N) is 1. The van der Waals surface area contributed by atoms with Gasteiger partial charge in [0.05, 0.1) is 34.8 Å². The summed E-state index contributed by atoms with van der Waals surface area (Å²) in [6.07, 6.45) is 5.50. The van der Waals surface area contributed by atoms with E-state index in [0.717, 1.165) is 33.4 Å². The summed E-state index contributed by atoms with van der Waals surface area (Å²) in [6.45, 7) is 8.21. The normalized spacial score (nSPS) is 13.1. The van der Waals surface area contributed by atoms with Crippen LogP contribution >= 0.6 is 0 Å². The number of aliphatic hydroxyl groups is 1. The van der Waals surface area contributed by atoms with E-state index in [9.17, 15) is 10.2 Å². The Morgan fingerprint density at radius 2 is 2.06 bits per heavy atom. The van der Waals surface area contributed by atoms with Gasteiger partial charge in [-0.2, -0.15) is 5.10 Å². The Kier molecular flexibility index (Phi) is 5.56. The fourth-order valence-corrected chi connectivity index (χ4v) is 3.64. The van der Waals surface area contributed by atoms with E-state index >= 15 is 0 Å². The number of hydrogen-bond acceptors (Lipinski definition) is 6. The Morgan fingerprint density at radius 3 is 2.81 bits per heavy atom. The molecule has 0 aliphatic rings. The zero-order chi connectivity index (χ0) is 22.1. The lowest BCUT2D eigenvalue weighted by Gasteiger charge is -2.06. The minimum absolute atomic E-state index is 0.0448. The standard InChI is InChI=1S/C23H26N6O2/c1-13-5-7-24-11-18(13)19-10-17-20(12-25-19)27-23(31)22(17)16(4)26-21-9-14(2)29(28-21)8-6-15(3)30/h5,7,9-12,15,27,30-31H,6,8H2,1-4H3. The van der Waals surface area contributed by atoms with Gasteiger partial charge in [-0.05, 0) is 51.8 Å². The van der Waals surface area contributed by atoms with E-state index in [-0.39, 0.29) is 12.0 Å². The highest BCUT2D eigenvalue weighted by Gasteiger charge is 2.16. The van der Waals surface area contributed by atoms with E-state index in [0.29, 0.717) is 30.1 Å². The molecule has 0 aromatic carbocycles. The number of nitrogens with zero attached hydrogens (tertiary/aromatic N) is 5. The van der Waals surface area contributed by atoms with Crippen molar-refractivity contribution in [2.75, 3.05) is 0 Å². The molecule has 4 aromatic rings. The van der Waals surface area contributed by atoms with E-state index < -0.39 is 0 Å². The number of fused-ring (bicyclic) bond motifs is 1. The molecule has 8 heteroatoms. The molecule has 4 aromatic heterocycles. The molecule has 0 spiro atoms. The molecule has 0 aliphatic heterocycles. The van der Waals surface area contributed by atoms with E-state index in [4.69, 9.17) is 0 Å². The smallest absolute Gasteiger partial charge is 0.198 e. The first-order valence-electron chi connectivity index (χ1n) is 10.2. The number of aliphatic imine (C=N–C) groups is 1. The van der Waals surface area contributed by atoms with Crippen LogP contribution in [0.2, 0.25) is 0 Å². The summed E-state index contributed by atoms with van der Waals surface area (Å²) < 4.78 is 1.83. The van der Waals surface area contributed by atoms with Crippen LogP contribution in [0.3, 0.4) is 0 Å². The Hall–Kier alpha value is -3.52. The van der Waals surface area contributed by atoms with Gasteiger partial charge in [-0.15, -0.1) is 0 Å². The van der Waals surface area contributed by atoms with Crippen molar-refractivity contribution in [3.05, 3.63) is 53.6 Å². The highest BCUT2D eigenvalue weighted by molar-refractivity contribution is 6.13. The van der Waals surface area contributed by atoms with Crippen molar-refractivity contribution >= 4 is 22.4 Å². The first-order valence-corrected chi connectivity index (χ1v) is 10.2. The van der Waals surface area contributed by atoms with Gasteiger partial charge in [0, 0.05) is 41.6 Å². The molecular formula is C23H26N6O2.